The first kappa shape index (κ1) is 21.9. The lowest BCUT2D eigenvalue weighted by atomic mass is 10.1. The summed E-state index contributed by atoms with van der Waals surface area (Å²) in [6.07, 6.45) is 0. The Morgan fingerprint density at radius 2 is 1.37 bits per heavy atom. The number of carbonyl (C=O) groups is 3. The number of fused-ring (bicyclic) bond motifs is 1. The molecule has 0 bridgehead atoms. The average molecular weight is 463 g/mol. The van der Waals surface area contributed by atoms with E-state index in [0.29, 0.717) is 34.1 Å². The van der Waals surface area contributed by atoms with Crippen molar-refractivity contribution in [2.75, 3.05) is 16.0 Å². The molecule has 5 rings (SSSR count). The van der Waals surface area contributed by atoms with Crippen LogP contribution in [0.5, 0.6) is 11.5 Å². The minimum absolute atomic E-state index is 0.227. The van der Waals surface area contributed by atoms with Gasteiger partial charge in [0.05, 0.1) is 16.8 Å². The van der Waals surface area contributed by atoms with E-state index in [4.69, 9.17) is 10.5 Å². The number of carbonyl (C=O) groups excluding carboxylic acids is 3. The third-order valence-corrected chi connectivity index (χ3v) is 5.67. The molecule has 0 aromatic heterocycles. The summed E-state index contributed by atoms with van der Waals surface area (Å²) in [7, 11) is 0. The SMILES string of the molecule is Cc1ccc(Oc2ccc(N3C(=O)c4ccc(NC(=O)c5ccc(N)cc5)cc4C3=O)cc2)cc1. The second-order valence-corrected chi connectivity index (χ2v) is 8.19. The minimum atomic E-state index is -0.458. The van der Waals surface area contributed by atoms with Gasteiger partial charge in [-0.15, -0.1) is 0 Å². The maximum absolute atomic E-state index is 13.1. The Hall–Kier alpha value is -4.91. The van der Waals surface area contributed by atoms with Crippen LogP contribution in [0.3, 0.4) is 0 Å². The second kappa shape index (κ2) is 8.79. The van der Waals surface area contributed by atoms with Gasteiger partial charge in [-0.25, -0.2) is 4.90 Å². The van der Waals surface area contributed by atoms with Crippen LogP contribution >= 0.6 is 0 Å². The molecule has 4 aromatic rings. The topological polar surface area (TPSA) is 102 Å². The fraction of sp³-hybridized carbons (Fsp3) is 0.0357. The number of anilines is 3. The van der Waals surface area contributed by atoms with Crippen molar-refractivity contribution in [3.05, 3.63) is 113 Å². The fourth-order valence-electron chi connectivity index (χ4n) is 3.80. The van der Waals surface area contributed by atoms with E-state index in [2.05, 4.69) is 5.32 Å². The van der Waals surface area contributed by atoms with Gasteiger partial charge in [0.25, 0.3) is 17.7 Å². The molecule has 3 N–H and O–H groups in total. The summed E-state index contributed by atoms with van der Waals surface area (Å²) in [6.45, 7) is 2.00. The van der Waals surface area contributed by atoms with Crippen LogP contribution in [0.4, 0.5) is 17.1 Å². The number of nitrogens with one attached hydrogen (secondary N) is 1. The molecule has 3 amide bonds. The standard InChI is InChI=1S/C28H21N3O4/c1-17-2-11-22(12-3-17)35-23-13-9-21(10-14-23)31-27(33)24-15-8-20(16-25(24)28(31)34)30-26(32)18-4-6-19(29)7-5-18/h2-16H,29H2,1H3,(H,30,32). The summed E-state index contributed by atoms with van der Waals surface area (Å²) in [6, 6.07) is 25.5. The van der Waals surface area contributed by atoms with Gasteiger partial charge in [-0.3, -0.25) is 14.4 Å². The summed E-state index contributed by atoms with van der Waals surface area (Å²) < 4.78 is 5.83. The third kappa shape index (κ3) is 4.35. The first-order chi connectivity index (χ1) is 16.9. The van der Waals surface area contributed by atoms with Gasteiger partial charge < -0.3 is 15.8 Å². The van der Waals surface area contributed by atoms with Crippen molar-refractivity contribution in [3.63, 3.8) is 0 Å². The van der Waals surface area contributed by atoms with Gasteiger partial charge >= 0.3 is 0 Å². The molecule has 1 aliphatic rings. The fourth-order valence-corrected chi connectivity index (χ4v) is 3.80. The zero-order valence-electron chi connectivity index (χ0n) is 18.8. The van der Waals surface area contributed by atoms with Crippen LogP contribution < -0.4 is 20.7 Å². The quantitative estimate of drug-likeness (QED) is 0.304. The Labute approximate surface area is 201 Å². The Morgan fingerprint density at radius 3 is 2.03 bits per heavy atom. The second-order valence-electron chi connectivity index (χ2n) is 8.19. The number of benzene rings is 4. The highest BCUT2D eigenvalue weighted by molar-refractivity contribution is 6.34. The van der Waals surface area contributed by atoms with E-state index in [0.717, 1.165) is 10.5 Å². The molecule has 0 spiro atoms. The normalized spacial score (nSPS) is 12.4. The van der Waals surface area contributed by atoms with Crippen LogP contribution in [0, 0.1) is 6.92 Å². The molecule has 1 aliphatic heterocycles. The predicted octanol–water partition coefficient (Wildman–Crippen LogP) is 5.42. The molecule has 0 atom stereocenters. The summed E-state index contributed by atoms with van der Waals surface area (Å²) in [5, 5.41) is 2.75. The number of aryl methyl sites for hydroxylation is 1. The Kier molecular flexibility index (Phi) is 5.51. The number of ether oxygens (including phenoxy) is 1. The highest BCUT2D eigenvalue weighted by Gasteiger charge is 2.37. The molecule has 7 heteroatoms. The van der Waals surface area contributed by atoms with Crippen molar-refractivity contribution in [3.8, 4) is 11.5 Å². The Bertz CT molecular complexity index is 1440. The minimum Gasteiger partial charge on any atom is -0.457 e. The number of rotatable bonds is 5. The molecule has 0 unspecified atom stereocenters. The Morgan fingerprint density at radius 1 is 0.771 bits per heavy atom. The average Bonchev–Trinajstić information content (AvgIpc) is 3.11. The lowest BCUT2D eigenvalue weighted by Gasteiger charge is -2.14. The van der Waals surface area contributed by atoms with Gasteiger partial charge in [0.15, 0.2) is 0 Å². The lowest BCUT2D eigenvalue weighted by molar-refractivity contribution is 0.0924. The van der Waals surface area contributed by atoms with Crippen LogP contribution in [0.1, 0.15) is 36.6 Å². The molecule has 0 fully saturated rings. The first-order valence-electron chi connectivity index (χ1n) is 10.9. The highest BCUT2D eigenvalue weighted by Crippen LogP contribution is 2.32. The van der Waals surface area contributed by atoms with E-state index < -0.39 is 11.8 Å². The van der Waals surface area contributed by atoms with E-state index in [1.54, 1.807) is 60.7 Å². The summed E-state index contributed by atoms with van der Waals surface area (Å²) in [4.78, 5) is 39.7. The third-order valence-electron chi connectivity index (χ3n) is 5.67. The van der Waals surface area contributed by atoms with Crippen molar-refractivity contribution in [1.29, 1.82) is 0 Å². The smallest absolute Gasteiger partial charge is 0.266 e. The van der Waals surface area contributed by atoms with E-state index in [-0.39, 0.29) is 17.0 Å². The van der Waals surface area contributed by atoms with Gasteiger partial charge in [-0.2, -0.15) is 0 Å². The number of amides is 3. The molecule has 4 aromatic carbocycles. The van der Waals surface area contributed by atoms with Gasteiger partial charge in [0.1, 0.15) is 11.5 Å². The number of nitrogens with two attached hydrogens (primary N) is 1. The molecular weight excluding hydrogens is 442 g/mol. The van der Waals surface area contributed by atoms with Crippen molar-refractivity contribution in [2.45, 2.75) is 6.92 Å². The number of nitrogen functional groups attached to an aromatic ring is 1. The van der Waals surface area contributed by atoms with E-state index in [1.165, 1.54) is 6.07 Å². The molecule has 0 aliphatic carbocycles. The molecule has 1 heterocycles. The van der Waals surface area contributed by atoms with Crippen molar-refractivity contribution in [2.24, 2.45) is 0 Å². The molecule has 35 heavy (non-hydrogen) atoms. The van der Waals surface area contributed by atoms with Crippen LogP contribution in [0.2, 0.25) is 0 Å². The van der Waals surface area contributed by atoms with Crippen molar-refractivity contribution < 1.29 is 19.1 Å². The zero-order chi connectivity index (χ0) is 24.5. The number of imide groups is 1. The Balaban J connectivity index is 1.33. The number of hydrogen-bond acceptors (Lipinski definition) is 5. The van der Waals surface area contributed by atoms with E-state index in [9.17, 15) is 14.4 Å². The van der Waals surface area contributed by atoms with Crippen molar-refractivity contribution in [1.82, 2.24) is 0 Å². The van der Waals surface area contributed by atoms with Crippen LogP contribution in [0.25, 0.3) is 0 Å². The van der Waals surface area contributed by atoms with Crippen LogP contribution in [-0.4, -0.2) is 17.7 Å². The maximum Gasteiger partial charge on any atom is 0.266 e. The predicted molar refractivity (Wildman–Crippen MR) is 134 cm³/mol. The maximum atomic E-state index is 13.1. The van der Waals surface area contributed by atoms with Crippen molar-refractivity contribution >= 4 is 34.8 Å². The van der Waals surface area contributed by atoms with E-state index >= 15 is 0 Å². The van der Waals surface area contributed by atoms with Crippen LogP contribution in [0.15, 0.2) is 91.0 Å². The van der Waals surface area contributed by atoms with Gasteiger partial charge in [-0.1, -0.05) is 17.7 Å². The molecular formula is C28H21N3O4. The van der Waals surface area contributed by atoms with Gasteiger partial charge in [0.2, 0.25) is 0 Å². The zero-order valence-corrected chi connectivity index (χ0v) is 18.8. The molecule has 0 saturated heterocycles. The number of hydrogen-bond donors (Lipinski definition) is 2. The lowest BCUT2D eigenvalue weighted by Crippen LogP contribution is -2.29. The van der Waals surface area contributed by atoms with E-state index in [1.807, 2.05) is 31.2 Å². The largest absolute Gasteiger partial charge is 0.457 e. The summed E-state index contributed by atoms with van der Waals surface area (Å²) in [5.41, 5.74) is 9.13. The van der Waals surface area contributed by atoms with Crippen LogP contribution in [-0.2, 0) is 0 Å². The molecule has 0 radical (unpaired) electrons. The number of nitrogens with zero attached hydrogens (tertiary/aromatic N) is 1. The molecule has 172 valence electrons. The monoisotopic (exact) mass is 463 g/mol. The summed E-state index contributed by atoms with van der Waals surface area (Å²) >= 11 is 0. The highest BCUT2D eigenvalue weighted by atomic mass is 16.5. The first-order valence-corrected chi connectivity index (χ1v) is 10.9. The van der Waals surface area contributed by atoms with Gasteiger partial charge in [0, 0.05) is 16.9 Å². The molecule has 7 nitrogen and oxygen atoms in total. The molecule has 0 saturated carbocycles. The van der Waals surface area contributed by atoms with Gasteiger partial charge in [-0.05, 0) is 85.8 Å². The summed E-state index contributed by atoms with van der Waals surface area (Å²) in [5.74, 6) is 0.0525.